The van der Waals surface area contributed by atoms with Crippen LogP contribution in [0.3, 0.4) is 0 Å². The van der Waals surface area contributed by atoms with Crippen LogP contribution in [0.4, 0.5) is 5.69 Å². The number of hydrogen-bond acceptors (Lipinski definition) is 4. The average Bonchev–Trinajstić information content (AvgIpc) is 3.19. The van der Waals surface area contributed by atoms with Gasteiger partial charge in [-0.15, -0.1) is 24.0 Å². The third-order valence-electron chi connectivity index (χ3n) is 5.23. The van der Waals surface area contributed by atoms with Gasteiger partial charge < -0.3 is 24.9 Å². The highest BCUT2D eigenvalue weighted by molar-refractivity contribution is 14.0. The third kappa shape index (κ3) is 7.15. The van der Waals surface area contributed by atoms with Gasteiger partial charge in [-0.25, -0.2) is 0 Å². The van der Waals surface area contributed by atoms with Crippen molar-refractivity contribution < 1.29 is 9.21 Å². The number of amides is 1. The van der Waals surface area contributed by atoms with Crippen molar-refractivity contribution in [3.63, 3.8) is 0 Å². The van der Waals surface area contributed by atoms with E-state index in [1.165, 1.54) is 17.5 Å². The SMILES string of the molecule is CCNC(=NCCCNC(=O)c1occc1C)N1CCN(c2cccc(C)c2)CC1.I. The number of aryl methyl sites for hydroxylation is 2. The van der Waals surface area contributed by atoms with Crippen LogP contribution in [0.5, 0.6) is 0 Å². The van der Waals surface area contributed by atoms with E-state index in [1.54, 1.807) is 6.07 Å². The summed E-state index contributed by atoms with van der Waals surface area (Å²) in [5.41, 5.74) is 3.43. The fraction of sp³-hybridized carbons (Fsp3) is 0.478. The van der Waals surface area contributed by atoms with Crippen molar-refractivity contribution in [2.24, 2.45) is 4.99 Å². The summed E-state index contributed by atoms with van der Waals surface area (Å²) in [6.45, 7) is 12.0. The van der Waals surface area contributed by atoms with Crippen molar-refractivity contribution >= 4 is 41.5 Å². The lowest BCUT2D eigenvalue weighted by atomic mass is 10.2. The second-order valence-electron chi connectivity index (χ2n) is 7.59. The number of carbonyl (C=O) groups is 1. The highest BCUT2D eigenvalue weighted by Gasteiger charge is 2.20. The minimum absolute atomic E-state index is 0. The summed E-state index contributed by atoms with van der Waals surface area (Å²) in [4.78, 5) is 21.6. The number of rotatable bonds is 7. The molecule has 1 aliphatic heterocycles. The van der Waals surface area contributed by atoms with Gasteiger partial charge in [-0.3, -0.25) is 9.79 Å². The predicted octanol–water partition coefficient (Wildman–Crippen LogP) is 3.42. The Morgan fingerprint density at radius 1 is 1.13 bits per heavy atom. The van der Waals surface area contributed by atoms with Gasteiger partial charge >= 0.3 is 0 Å². The topological polar surface area (TPSA) is 73.1 Å². The number of nitrogens with zero attached hydrogens (tertiary/aromatic N) is 3. The van der Waals surface area contributed by atoms with Gasteiger partial charge in [-0.1, -0.05) is 12.1 Å². The van der Waals surface area contributed by atoms with Crippen molar-refractivity contribution in [1.82, 2.24) is 15.5 Å². The number of furan rings is 1. The van der Waals surface area contributed by atoms with Gasteiger partial charge in [0.25, 0.3) is 5.91 Å². The zero-order valence-corrected chi connectivity index (χ0v) is 21.0. The van der Waals surface area contributed by atoms with E-state index < -0.39 is 0 Å². The Labute approximate surface area is 202 Å². The molecule has 0 unspecified atom stereocenters. The molecule has 2 heterocycles. The first-order valence-electron chi connectivity index (χ1n) is 10.8. The van der Waals surface area contributed by atoms with Crippen molar-refractivity contribution in [3.05, 3.63) is 53.5 Å². The van der Waals surface area contributed by atoms with Crippen molar-refractivity contribution in [3.8, 4) is 0 Å². The van der Waals surface area contributed by atoms with Crippen molar-refractivity contribution in [2.75, 3.05) is 50.7 Å². The monoisotopic (exact) mass is 539 g/mol. The van der Waals surface area contributed by atoms with E-state index in [0.717, 1.165) is 50.7 Å². The lowest BCUT2D eigenvalue weighted by molar-refractivity contribution is 0.0925. The van der Waals surface area contributed by atoms with Gasteiger partial charge in [0.2, 0.25) is 0 Å². The fourth-order valence-corrected chi connectivity index (χ4v) is 3.58. The van der Waals surface area contributed by atoms with E-state index in [9.17, 15) is 4.79 Å². The van der Waals surface area contributed by atoms with Crippen molar-refractivity contribution in [2.45, 2.75) is 27.2 Å². The maximum atomic E-state index is 12.1. The lowest BCUT2D eigenvalue weighted by Crippen LogP contribution is -2.52. The first-order chi connectivity index (χ1) is 14.6. The van der Waals surface area contributed by atoms with E-state index in [1.807, 2.05) is 6.92 Å². The normalized spacial score (nSPS) is 14.2. The molecule has 0 saturated carbocycles. The summed E-state index contributed by atoms with van der Waals surface area (Å²) in [5.74, 6) is 1.17. The van der Waals surface area contributed by atoms with Crippen LogP contribution in [-0.4, -0.2) is 62.6 Å². The molecule has 0 aliphatic carbocycles. The molecule has 1 aromatic carbocycles. The van der Waals surface area contributed by atoms with Gasteiger partial charge in [0.05, 0.1) is 6.26 Å². The third-order valence-corrected chi connectivity index (χ3v) is 5.23. The van der Waals surface area contributed by atoms with Crippen LogP contribution < -0.4 is 15.5 Å². The van der Waals surface area contributed by atoms with Crippen LogP contribution in [0.1, 0.15) is 35.0 Å². The van der Waals surface area contributed by atoms with E-state index in [4.69, 9.17) is 9.41 Å². The zero-order chi connectivity index (χ0) is 21.3. The summed E-state index contributed by atoms with van der Waals surface area (Å²) in [5, 5.41) is 6.30. The zero-order valence-electron chi connectivity index (χ0n) is 18.7. The molecule has 3 rings (SSSR count). The molecule has 1 amide bonds. The van der Waals surface area contributed by atoms with Gasteiger partial charge in [-0.2, -0.15) is 0 Å². The number of aliphatic imine (C=N–C) groups is 1. The van der Waals surface area contributed by atoms with E-state index in [0.29, 0.717) is 18.8 Å². The number of halogens is 1. The Bertz CT molecular complexity index is 859. The number of hydrogen-bond donors (Lipinski definition) is 2. The van der Waals surface area contributed by atoms with E-state index >= 15 is 0 Å². The largest absolute Gasteiger partial charge is 0.459 e. The summed E-state index contributed by atoms with van der Waals surface area (Å²) in [6.07, 6.45) is 2.32. The van der Waals surface area contributed by atoms with Gasteiger partial charge in [-0.05, 0) is 51.0 Å². The first kappa shape index (κ1) is 25.0. The molecule has 2 aromatic rings. The van der Waals surface area contributed by atoms with Crippen LogP contribution in [0.2, 0.25) is 0 Å². The van der Waals surface area contributed by atoms with E-state index in [-0.39, 0.29) is 29.9 Å². The van der Waals surface area contributed by atoms with Crippen LogP contribution in [-0.2, 0) is 0 Å². The number of guanidine groups is 1. The quantitative estimate of drug-likeness (QED) is 0.244. The summed E-state index contributed by atoms with van der Waals surface area (Å²) in [7, 11) is 0. The second-order valence-corrected chi connectivity index (χ2v) is 7.59. The number of anilines is 1. The minimum Gasteiger partial charge on any atom is -0.459 e. The molecule has 7 nitrogen and oxygen atoms in total. The molecule has 2 N–H and O–H groups in total. The fourth-order valence-electron chi connectivity index (χ4n) is 3.58. The maximum Gasteiger partial charge on any atom is 0.287 e. The second kappa shape index (κ2) is 12.6. The molecule has 0 spiro atoms. The highest BCUT2D eigenvalue weighted by atomic mass is 127. The number of piperazine rings is 1. The van der Waals surface area contributed by atoms with Crippen LogP contribution >= 0.6 is 24.0 Å². The number of benzene rings is 1. The Morgan fingerprint density at radius 3 is 2.55 bits per heavy atom. The van der Waals surface area contributed by atoms with Gasteiger partial charge in [0.1, 0.15) is 0 Å². The molecule has 1 aliphatic rings. The van der Waals surface area contributed by atoms with Crippen molar-refractivity contribution in [1.29, 1.82) is 0 Å². The molecule has 0 atom stereocenters. The minimum atomic E-state index is -0.166. The summed E-state index contributed by atoms with van der Waals surface area (Å²) in [6, 6.07) is 10.5. The molecule has 170 valence electrons. The molecular weight excluding hydrogens is 505 g/mol. The Balaban J connectivity index is 0.00000341. The lowest BCUT2D eigenvalue weighted by Gasteiger charge is -2.37. The first-order valence-corrected chi connectivity index (χ1v) is 10.8. The van der Waals surface area contributed by atoms with Crippen LogP contribution in [0, 0.1) is 13.8 Å². The standard InChI is InChI=1S/C23H33N5O2.HI/c1-4-24-23(26-11-6-10-25-22(29)21-19(3)9-16-30-21)28-14-12-27(13-15-28)20-8-5-7-18(2)17-20;/h5,7-9,16-17H,4,6,10-15H2,1-3H3,(H,24,26)(H,25,29);1H. The molecule has 0 radical (unpaired) electrons. The summed E-state index contributed by atoms with van der Waals surface area (Å²) >= 11 is 0. The Morgan fingerprint density at radius 2 is 1.90 bits per heavy atom. The molecular formula is C23H34IN5O2. The molecule has 8 heteroatoms. The van der Waals surface area contributed by atoms with E-state index in [2.05, 4.69) is 58.5 Å². The van der Waals surface area contributed by atoms with Gasteiger partial charge in [0.15, 0.2) is 11.7 Å². The highest BCUT2D eigenvalue weighted by Crippen LogP contribution is 2.17. The maximum absolute atomic E-state index is 12.1. The number of nitrogens with one attached hydrogen (secondary N) is 2. The van der Waals surface area contributed by atoms with Crippen LogP contribution in [0.15, 0.2) is 46.0 Å². The summed E-state index contributed by atoms with van der Waals surface area (Å²) < 4.78 is 5.22. The van der Waals surface area contributed by atoms with Crippen LogP contribution in [0.25, 0.3) is 0 Å². The Kier molecular flexibility index (Phi) is 10.2. The molecule has 1 saturated heterocycles. The number of carbonyl (C=O) groups excluding carboxylic acids is 1. The molecule has 1 fully saturated rings. The molecule has 0 bridgehead atoms. The predicted molar refractivity (Wildman–Crippen MR) is 137 cm³/mol. The smallest absolute Gasteiger partial charge is 0.287 e. The molecule has 31 heavy (non-hydrogen) atoms. The van der Waals surface area contributed by atoms with Gasteiger partial charge in [0, 0.05) is 57.1 Å². The Hall–Kier alpha value is -2.23. The average molecular weight is 539 g/mol. The molecule has 1 aromatic heterocycles.